The van der Waals surface area contributed by atoms with Crippen LogP contribution < -0.4 is 14.2 Å². The highest BCUT2D eigenvalue weighted by Crippen LogP contribution is 2.45. The van der Waals surface area contributed by atoms with E-state index in [9.17, 15) is 19.8 Å². The number of methoxy groups -OCH3 is 2. The van der Waals surface area contributed by atoms with Crippen molar-refractivity contribution in [2.24, 2.45) is 4.99 Å². The molecule has 3 aromatic carbocycles. The number of aromatic hydroxyl groups is 1. The highest BCUT2D eigenvalue weighted by molar-refractivity contribution is 6.15. The molecular formula is C39H39N3O9. The van der Waals surface area contributed by atoms with Crippen LogP contribution in [0.5, 0.6) is 23.1 Å². The van der Waals surface area contributed by atoms with Gasteiger partial charge in [0.1, 0.15) is 5.75 Å². The van der Waals surface area contributed by atoms with Crippen molar-refractivity contribution in [2.45, 2.75) is 44.2 Å². The van der Waals surface area contributed by atoms with Gasteiger partial charge in [-0.05, 0) is 73.5 Å². The molecule has 5 aromatic rings. The molecule has 1 saturated carbocycles. The third-order valence-electron chi connectivity index (χ3n) is 8.53. The quantitative estimate of drug-likeness (QED) is 0.113. The molecule has 0 unspecified atom stereocenters. The molecule has 3 atom stereocenters. The van der Waals surface area contributed by atoms with Crippen LogP contribution >= 0.6 is 0 Å². The number of rotatable bonds is 7. The fraction of sp³-hybridized carbons (Fsp3) is 0.256. The van der Waals surface area contributed by atoms with E-state index in [1.54, 1.807) is 32.5 Å². The average Bonchev–Trinajstić information content (AvgIpc) is 3.14. The average molecular weight is 694 g/mol. The first kappa shape index (κ1) is 36.3. The van der Waals surface area contributed by atoms with Gasteiger partial charge in [0.2, 0.25) is 5.88 Å². The molecule has 0 radical (unpaired) electrons. The predicted molar refractivity (Wildman–Crippen MR) is 192 cm³/mol. The summed E-state index contributed by atoms with van der Waals surface area (Å²) in [5.74, 6) is -0.0659. The molecular weight excluding hydrogens is 654 g/mol. The Balaban J connectivity index is 0.000000182. The first-order valence-electron chi connectivity index (χ1n) is 16.3. The minimum absolute atomic E-state index is 0.149. The number of fused-ring (bicyclic) bond motifs is 6. The van der Waals surface area contributed by atoms with Gasteiger partial charge in [-0.15, -0.1) is 0 Å². The predicted octanol–water partition coefficient (Wildman–Crippen LogP) is 6.15. The molecule has 2 aliphatic rings. The van der Waals surface area contributed by atoms with Crippen LogP contribution in [0.15, 0.2) is 96.3 Å². The molecule has 12 nitrogen and oxygen atoms in total. The number of hydrogen-bond donors (Lipinski definition) is 4. The number of aliphatic imine (C=N–C) groups is 1. The van der Waals surface area contributed by atoms with E-state index in [-0.39, 0.29) is 23.8 Å². The van der Waals surface area contributed by atoms with E-state index >= 15 is 0 Å². The van der Waals surface area contributed by atoms with Crippen LogP contribution in [0.25, 0.3) is 21.7 Å². The van der Waals surface area contributed by atoms with Gasteiger partial charge >= 0.3 is 11.9 Å². The highest BCUT2D eigenvalue weighted by Gasteiger charge is 2.37. The fourth-order valence-electron chi connectivity index (χ4n) is 6.23. The molecule has 1 aliphatic carbocycles. The van der Waals surface area contributed by atoms with E-state index in [0.29, 0.717) is 36.8 Å². The Morgan fingerprint density at radius 2 is 1.63 bits per heavy atom. The van der Waals surface area contributed by atoms with E-state index in [1.807, 2.05) is 61.7 Å². The first-order chi connectivity index (χ1) is 24.6. The number of aromatic nitrogens is 2. The lowest BCUT2D eigenvalue weighted by molar-refractivity contribution is -0.134. The van der Waals surface area contributed by atoms with Crippen molar-refractivity contribution in [2.75, 3.05) is 20.8 Å². The Kier molecular flexibility index (Phi) is 11.8. The summed E-state index contributed by atoms with van der Waals surface area (Å²) < 4.78 is 16.6. The number of carboxylic acid groups (broad SMARTS) is 2. The Morgan fingerprint density at radius 1 is 0.863 bits per heavy atom. The van der Waals surface area contributed by atoms with Gasteiger partial charge in [-0.2, -0.15) is 0 Å². The van der Waals surface area contributed by atoms with Crippen molar-refractivity contribution >= 4 is 39.3 Å². The Hall–Kier alpha value is -6.01. The SMILES string of the molecule is CCOc1cc2c(cc1OC)C(c1ccc(OC)nc1)=N[C@@H]1CC[C@@H](O)C[C@H]21.O=C(O)/C=C/C(=O)O.Oc1ccc2ncc3ccccc3c2c1. The molecule has 0 saturated heterocycles. The standard InChI is InChI=1S/C22H26N2O4.C13H9NO.C4H4O4/c1-4-28-20-10-15-16-9-14(25)6-7-18(16)24-22(17(15)11-19(20)26-2)13-5-8-21(27-3)23-12-13;15-10-5-6-13-12(7-10)11-4-2-1-3-9(11)8-14-13;5-3(6)1-2-4(7)8/h5,8,10-12,14,16,18,25H,4,6-7,9H2,1-3H3;1-8,15H;1-2H,(H,5,6)(H,7,8)/b;;2-1+/t14-,16-,18-;;/m1../s1. The Labute approximate surface area is 294 Å². The maximum Gasteiger partial charge on any atom is 0.328 e. The molecule has 0 spiro atoms. The van der Waals surface area contributed by atoms with Crippen LogP contribution in [-0.2, 0) is 9.59 Å². The van der Waals surface area contributed by atoms with Crippen molar-refractivity contribution in [1.29, 1.82) is 0 Å². The zero-order valence-corrected chi connectivity index (χ0v) is 28.4. The van der Waals surface area contributed by atoms with Gasteiger partial charge in [-0.3, -0.25) is 9.98 Å². The highest BCUT2D eigenvalue weighted by atomic mass is 16.5. The number of carbonyl (C=O) groups is 2. The summed E-state index contributed by atoms with van der Waals surface area (Å²) in [5.41, 5.74) is 4.94. The second kappa shape index (κ2) is 16.6. The van der Waals surface area contributed by atoms with Crippen LogP contribution in [0.2, 0.25) is 0 Å². The first-order valence-corrected chi connectivity index (χ1v) is 16.3. The topological polar surface area (TPSA) is 181 Å². The van der Waals surface area contributed by atoms with Crippen molar-refractivity contribution < 1.29 is 44.2 Å². The third kappa shape index (κ3) is 8.78. The summed E-state index contributed by atoms with van der Waals surface area (Å²) in [6, 6.07) is 21.3. The van der Waals surface area contributed by atoms with Crippen molar-refractivity contribution in [3.8, 4) is 23.1 Å². The number of hydrogen-bond acceptors (Lipinski definition) is 10. The number of pyridine rings is 2. The minimum atomic E-state index is -1.26. The van der Waals surface area contributed by atoms with Crippen LogP contribution in [0, 0.1) is 0 Å². The van der Waals surface area contributed by atoms with Gasteiger partial charge in [0.25, 0.3) is 0 Å². The fourth-order valence-corrected chi connectivity index (χ4v) is 6.23. The zero-order chi connectivity index (χ0) is 36.5. The number of aliphatic hydroxyl groups excluding tert-OH is 1. The van der Waals surface area contributed by atoms with Crippen LogP contribution in [0.3, 0.4) is 0 Å². The summed E-state index contributed by atoms with van der Waals surface area (Å²) >= 11 is 0. The van der Waals surface area contributed by atoms with Gasteiger partial charge in [0.15, 0.2) is 11.5 Å². The van der Waals surface area contributed by atoms with Crippen LogP contribution in [0.1, 0.15) is 48.8 Å². The van der Waals surface area contributed by atoms with E-state index < -0.39 is 11.9 Å². The van der Waals surface area contributed by atoms with Crippen molar-refractivity contribution in [1.82, 2.24) is 9.97 Å². The number of ether oxygens (including phenoxy) is 3. The zero-order valence-electron chi connectivity index (χ0n) is 28.4. The molecule has 3 heterocycles. The maximum absolute atomic E-state index is 10.3. The van der Waals surface area contributed by atoms with Crippen molar-refractivity contribution in [3.63, 3.8) is 0 Å². The Morgan fingerprint density at radius 3 is 2.29 bits per heavy atom. The number of nitrogens with zero attached hydrogens (tertiary/aromatic N) is 3. The molecule has 0 bridgehead atoms. The smallest absolute Gasteiger partial charge is 0.328 e. The second-order valence-electron chi connectivity index (χ2n) is 11.8. The Bertz CT molecular complexity index is 2060. The van der Waals surface area contributed by atoms with Gasteiger partial charge in [-0.1, -0.05) is 24.3 Å². The number of phenolic OH excluding ortho intramolecular Hbond substituents is 1. The third-order valence-corrected chi connectivity index (χ3v) is 8.53. The molecule has 12 heteroatoms. The summed E-state index contributed by atoms with van der Waals surface area (Å²) in [6.45, 7) is 2.52. The summed E-state index contributed by atoms with van der Waals surface area (Å²) in [7, 11) is 3.25. The summed E-state index contributed by atoms with van der Waals surface area (Å²) in [5, 5.41) is 38.6. The lowest BCUT2D eigenvalue weighted by atomic mass is 9.74. The normalized spacial score (nSPS) is 17.5. The van der Waals surface area contributed by atoms with Gasteiger partial charge in [0.05, 0.1) is 44.2 Å². The summed E-state index contributed by atoms with van der Waals surface area (Å²) in [4.78, 5) is 32.9. The molecule has 4 N–H and O–H groups in total. The van der Waals surface area contributed by atoms with E-state index in [4.69, 9.17) is 29.4 Å². The molecule has 1 aliphatic heterocycles. The van der Waals surface area contributed by atoms with E-state index in [2.05, 4.69) is 16.0 Å². The van der Waals surface area contributed by atoms with Crippen molar-refractivity contribution in [3.05, 3.63) is 108 Å². The number of aliphatic carboxylic acids is 2. The van der Waals surface area contributed by atoms with Crippen LogP contribution in [0.4, 0.5) is 0 Å². The summed E-state index contributed by atoms with van der Waals surface area (Å²) in [6.07, 6.45) is 6.84. The lowest BCUT2D eigenvalue weighted by Gasteiger charge is -2.37. The molecule has 264 valence electrons. The van der Waals surface area contributed by atoms with Gasteiger partial charge < -0.3 is 34.6 Å². The number of phenols is 1. The maximum atomic E-state index is 10.3. The molecule has 0 amide bonds. The number of benzene rings is 3. The number of aliphatic hydroxyl groups is 1. The molecule has 1 fully saturated rings. The number of carboxylic acids is 2. The monoisotopic (exact) mass is 693 g/mol. The molecule has 7 rings (SSSR count). The van der Waals surface area contributed by atoms with E-state index in [1.165, 1.54) is 0 Å². The van der Waals surface area contributed by atoms with Gasteiger partial charge in [-0.25, -0.2) is 14.6 Å². The van der Waals surface area contributed by atoms with Crippen LogP contribution in [-0.4, -0.2) is 81.0 Å². The molecule has 51 heavy (non-hydrogen) atoms. The minimum Gasteiger partial charge on any atom is -0.508 e. The lowest BCUT2D eigenvalue weighted by Crippen LogP contribution is -2.34. The van der Waals surface area contributed by atoms with E-state index in [0.717, 1.165) is 62.7 Å². The van der Waals surface area contributed by atoms with Gasteiger partial charge in [0, 0.05) is 58.4 Å². The molecule has 2 aromatic heterocycles. The second-order valence-corrected chi connectivity index (χ2v) is 11.8. The largest absolute Gasteiger partial charge is 0.508 e.